The normalized spacial score (nSPS) is 13.8. The molecule has 0 saturated carbocycles. The minimum atomic E-state index is -2.05. The highest BCUT2D eigenvalue weighted by Gasteiger charge is 2.32. The van der Waals surface area contributed by atoms with Crippen molar-refractivity contribution < 1.29 is 8.85 Å². The average molecular weight is 259 g/mol. The van der Waals surface area contributed by atoms with E-state index in [2.05, 4.69) is 18.7 Å². The molecule has 1 aromatic rings. The van der Waals surface area contributed by atoms with Gasteiger partial charge in [-0.15, -0.1) is 11.6 Å². The van der Waals surface area contributed by atoms with Gasteiger partial charge in [0.1, 0.15) is 0 Å². The van der Waals surface area contributed by atoms with E-state index in [-0.39, 0.29) is 0 Å². The van der Waals surface area contributed by atoms with E-state index < -0.39 is 8.56 Å². The van der Waals surface area contributed by atoms with Gasteiger partial charge in [-0.3, -0.25) is 0 Å². The van der Waals surface area contributed by atoms with Gasteiger partial charge in [0.25, 0.3) is 0 Å². The number of rotatable bonds is 6. The Morgan fingerprint density at radius 1 is 1.19 bits per heavy atom. The Morgan fingerprint density at radius 3 is 2.19 bits per heavy atom. The van der Waals surface area contributed by atoms with Crippen molar-refractivity contribution in [2.45, 2.75) is 18.5 Å². The van der Waals surface area contributed by atoms with Crippen LogP contribution in [0.1, 0.15) is 11.5 Å². The maximum atomic E-state index is 6.03. The fraction of sp³-hybridized carbons (Fsp3) is 0.500. The van der Waals surface area contributed by atoms with Gasteiger partial charge < -0.3 is 8.85 Å². The van der Waals surface area contributed by atoms with Crippen molar-refractivity contribution in [3.05, 3.63) is 35.9 Å². The molecule has 90 valence electrons. The highest BCUT2D eigenvalue weighted by molar-refractivity contribution is 6.66. The molecule has 2 nitrogen and oxygen atoms in total. The molecule has 16 heavy (non-hydrogen) atoms. The Morgan fingerprint density at radius 2 is 1.75 bits per heavy atom. The smallest absolute Gasteiger partial charge is 0.335 e. The fourth-order valence-electron chi connectivity index (χ4n) is 1.68. The van der Waals surface area contributed by atoms with Gasteiger partial charge in [0.15, 0.2) is 0 Å². The van der Waals surface area contributed by atoms with E-state index in [0.717, 1.165) is 6.04 Å². The van der Waals surface area contributed by atoms with Crippen molar-refractivity contribution in [2.24, 2.45) is 0 Å². The molecule has 0 radical (unpaired) electrons. The average Bonchev–Trinajstić information content (AvgIpc) is 2.36. The lowest BCUT2D eigenvalue weighted by molar-refractivity contribution is 0.247. The van der Waals surface area contributed by atoms with Crippen LogP contribution in [0, 0.1) is 0 Å². The third-order valence-electron chi connectivity index (χ3n) is 2.94. The summed E-state index contributed by atoms with van der Waals surface area (Å²) in [5.74, 6) is 0.902. The quantitative estimate of drug-likeness (QED) is 0.575. The molecule has 0 spiro atoms. The lowest BCUT2D eigenvalue weighted by Gasteiger charge is -2.27. The summed E-state index contributed by atoms with van der Waals surface area (Å²) in [6, 6.07) is 11.2. The molecule has 0 bridgehead atoms. The topological polar surface area (TPSA) is 18.5 Å². The summed E-state index contributed by atoms with van der Waals surface area (Å²) in [7, 11) is 1.38. The molecule has 0 aliphatic heterocycles. The molecule has 0 amide bonds. The van der Waals surface area contributed by atoms with Crippen LogP contribution in [0.4, 0.5) is 0 Å². The molecule has 4 heteroatoms. The van der Waals surface area contributed by atoms with Crippen LogP contribution in [0.25, 0.3) is 0 Å². The molecular formula is C12H19ClO2Si. The molecule has 0 unspecified atom stereocenters. The van der Waals surface area contributed by atoms with E-state index in [1.54, 1.807) is 14.2 Å². The predicted octanol–water partition coefficient (Wildman–Crippen LogP) is 3.37. The van der Waals surface area contributed by atoms with Crippen molar-refractivity contribution in [3.63, 3.8) is 0 Å². The minimum absolute atomic E-state index is 0.305. The summed E-state index contributed by atoms with van der Waals surface area (Å²) < 4.78 is 11.0. The Bertz CT molecular complexity index is 301. The highest BCUT2D eigenvalue weighted by atomic mass is 35.5. The summed E-state index contributed by atoms with van der Waals surface area (Å²) in [5, 5.41) is 0. The summed E-state index contributed by atoms with van der Waals surface area (Å²) in [6.07, 6.45) is 0. The van der Waals surface area contributed by atoms with E-state index in [4.69, 9.17) is 20.5 Å². The SMILES string of the molecule is CO[Si](C)(C[C@H](CCl)c1ccccc1)OC. The van der Waals surface area contributed by atoms with Crippen LogP contribution < -0.4 is 0 Å². The van der Waals surface area contributed by atoms with E-state index in [1.807, 2.05) is 18.2 Å². The second-order valence-corrected chi connectivity index (χ2v) is 7.81. The van der Waals surface area contributed by atoms with E-state index >= 15 is 0 Å². The van der Waals surface area contributed by atoms with Gasteiger partial charge >= 0.3 is 8.56 Å². The Labute approximate surface area is 104 Å². The zero-order chi connectivity index (χ0) is 12.0. The predicted molar refractivity (Wildman–Crippen MR) is 70.3 cm³/mol. The summed E-state index contributed by atoms with van der Waals surface area (Å²) >= 11 is 6.03. The first-order valence-electron chi connectivity index (χ1n) is 5.36. The van der Waals surface area contributed by atoms with Crippen LogP contribution >= 0.6 is 11.6 Å². The van der Waals surface area contributed by atoms with Crippen LogP contribution in [0.2, 0.25) is 12.6 Å². The maximum Gasteiger partial charge on any atom is 0.335 e. The molecule has 0 saturated heterocycles. The largest absolute Gasteiger partial charge is 0.398 e. The second-order valence-electron chi connectivity index (χ2n) is 4.01. The van der Waals surface area contributed by atoms with Gasteiger partial charge in [0.2, 0.25) is 0 Å². The summed E-state index contributed by atoms with van der Waals surface area (Å²) in [4.78, 5) is 0. The molecular weight excluding hydrogens is 240 g/mol. The fourth-order valence-corrected chi connectivity index (χ4v) is 3.93. The first-order valence-corrected chi connectivity index (χ1v) is 8.42. The van der Waals surface area contributed by atoms with Crippen LogP contribution in [-0.2, 0) is 8.85 Å². The molecule has 0 aliphatic carbocycles. The number of halogens is 1. The molecule has 0 fully saturated rings. The first-order chi connectivity index (χ1) is 7.65. The van der Waals surface area contributed by atoms with Crippen LogP contribution in [0.15, 0.2) is 30.3 Å². The van der Waals surface area contributed by atoms with E-state index in [0.29, 0.717) is 11.8 Å². The molecule has 1 atom stereocenters. The molecule has 1 rings (SSSR count). The standard InChI is InChI=1S/C12H19ClO2Si/c1-14-16(3,15-2)10-12(9-13)11-7-5-4-6-8-11/h4-8,12H,9-10H2,1-3H3/t12-/m0/s1. The lowest BCUT2D eigenvalue weighted by atomic mass is 10.0. The number of benzene rings is 1. The van der Waals surface area contributed by atoms with Crippen LogP contribution in [-0.4, -0.2) is 28.7 Å². The highest BCUT2D eigenvalue weighted by Crippen LogP contribution is 2.28. The Hall–Kier alpha value is -0.353. The van der Waals surface area contributed by atoms with Crippen LogP contribution in [0.3, 0.4) is 0 Å². The van der Waals surface area contributed by atoms with Crippen molar-refractivity contribution in [1.82, 2.24) is 0 Å². The number of hydrogen-bond donors (Lipinski definition) is 0. The Kier molecular flexibility index (Phi) is 5.48. The van der Waals surface area contributed by atoms with Gasteiger partial charge in [-0.1, -0.05) is 30.3 Å². The van der Waals surface area contributed by atoms with Crippen LogP contribution in [0.5, 0.6) is 0 Å². The lowest BCUT2D eigenvalue weighted by Crippen LogP contribution is -2.38. The van der Waals surface area contributed by atoms with E-state index in [9.17, 15) is 0 Å². The van der Waals surface area contributed by atoms with Gasteiger partial charge in [0, 0.05) is 20.1 Å². The zero-order valence-corrected chi connectivity index (χ0v) is 11.8. The van der Waals surface area contributed by atoms with Crippen molar-refractivity contribution in [2.75, 3.05) is 20.1 Å². The minimum Gasteiger partial charge on any atom is -0.398 e. The first kappa shape index (κ1) is 13.7. The second kappa shape index (κ2) is 6.40. The van der Waals surface area contributed by atoms with E-state index in [1.165, 1.54) is 5.56 Å². The molecule has 1 aromatic carbocycles. The maximum absolute atomic E-state index is 6.03. The summed E-state index contributed by atoms with van der Waals surface area (Å²) in [6.45, 7) is 2.06. The third-order valence-corrected chi connectivity index (χ3v) is 6.27. The molecule has 0 aromatic heterocycles. The molecule has 0 N–H and O–H groups in total. The zero-order valence-electron chi connectivity index (χ0n) is 10.1. The third kappa shape index (κ3) is 3.59. The monoisotopic (exact) mass is 258 g/mol. The Balaban J connectivity index is 2.77. The van der Waals surface area contributed by atoms with Gasteiger partial charge in [-0.2, -0.15) is 0 Å². The molecule has 0 heterocycles. The number of alkyl halides is 1. The van der Waals surface area contributed by atoms with Gasteiger partial charge in [0.05, 0.1) is 0 Å². The van der Waals surface area contributed by atoms with Crippen molar-refractivity contribution >= 4 is 20.2 Å². The van der Waals surface area contributed by atoms with Crippen molar-refractivity contribution in [3.8, 4) is 0 Å². The number of hydrogen-bond acceptors (Lipinski definition) is 2. The molecule has 0 aliphatic rings. The summed E-state index contributed by atoms with van der Waals surface area (Å²) in [5.41, 5.74) is 1.25. The van der Waals surface area contributed by atoms with Crippen molar-refractivity contribution in [1.29, 1.82) is 0 Å². The van der Waals surface area contributed by atoms with Gasteiger partial charge in [-0.05, 0) is 24.1 Å². The van der Waals surface area contributed by atoms with Gasteiger partial charge in [-0.25, -0.2) is 0 Å².